The minimum absolute atomic E-state index is 0.208. The van der Waals surface area contributed by atoms with Crippen molar-refractivity contribution in [3.63, 3.8) is 0 Å². The van der Waals surface area contributed by atoms with Gasteiger partial charge in [0, 0.05) is 12.3 Å². The van der Waals surface area contributed by atoms with Crippen LogP contribution in [0.2, 0.25) is 0 Å². The Morgan fingerprint density at radius 2 is 1.90 bits per heavy atom. The van der Waals surface area contributed by atoms with Gasteiger partial charge in [0.2, 0.25) is 0 Å². The van der Waals surface area contributed by atoms with Crippen LogP contribution in [-0.2, 0) is 6.61 Å². The SMILES string of the molecule is Cc1cc(O)cc(OCc2ccn(-c3ccccc3)n2)c1. The van der Waals surface area contributed by atoms with Gasteiger partial charge in [-0.15, -0.1) is 0 Å². The van der Waals surface area contributed by atoms with Crippen LogP contribution in [0.15, 0.2) is 60.8 Å². The first-order valence-electron chi connectivity index (χ1n) is 6.74. The van der Waals surface area contributed by atoms with Gasteiger partial charge in [-0.2, -0.15) is 5.10 Å². The van der Waals surface area contributed by atoms with Gasteiger partial charge in [-0.05, 0) is 42.8 Å². The molecule has 0 fully saturated rings. The minimum Gasteiger partial charge on any atom is -0.508 e. The molecule has 0 unspecified atom stereocenters. The van der Waals surface area contributed by atoms with E-state index in [-0.39, 0.29) is 5.75 Å². The molecule has 4 nitrogen and oxygen atoms in total. The number of phenolic OH excluding ortho intramolecular Hbond substituents is 1. The highest BCUT2D eigenvalue weighted by atomic mass is 16.5. The van der Waals surface area contributed by atoms with E-state index in [1.807, 2.05) is 60.3 Å². The molecule has 1 aromatic heterocycles. The van der Waals surface area contributed by atoms with Crippen molar-refractivity contribution in [2.45, 2.75) is 13.5 Å². The highest BCUT2D eigenvalue weighted by Crippen LogP contribution is 2.22. The summed E-state index contributed by atoms with van der Waals surface area (Å²) in [6.45, 7) is 2.28. The van der Waals surface area contributed by atoms with E-state index in [4.69, 9.17) is 4.74 Å². The fraction of sp³-hybridized carbons (Fsp3) is 0.118. The third-order valence-corrected chi connectivity index (χ3v) is 3.09. The van der Waals surface area contributed by atoms with Gasteiger partial charge in [0.15, 0.2) is 0 Å². The van der Waals surface area contributed by atoms with Crippen LogP contribution in [0.5, 0.6) is 11.5 Å². The lowest BCUT2D eigenvalue weighted by molar-refractivity contribution is 0.298. The van der Waals surface area contributed by atoms with E-state index >= 15 is 0 Å². The van der Waals surface area contributed by atoms with Crippen molar-refractivity contribution in [1.82, 2.24) is 9.78 Å². The van der Waals surface area contributed by atoms with Crippen LogP contribution in [0.3, 0.4) is 0 Å². The molecule has 4 heteroatoms. The summed E-state index contributed by atoms with van der Waals surface area (Å²) in [5, 5.41) is 14.0. The van der Waals surface area contributed by atoms with Crippen LogP contribution in [0.4, 0.5) is 0 Å². The van der Waals surface area contributed by atoms with Crippen molar-refractivity contribution >= 4 is 0 Å². The predicted octanol–water partition coefficient (Wildman–Crippen LogP) is 3.47. The Hall–Kier alpha value is -2.75. The molecule has 0 bridgehead atoms. The lowest BCUT2D eigenvalue weighted by Gasteiger charge is -2.06. The molecule has 1 heterocycles. The molecule has 3 rings (SSSR count). The fourth-order valence-electron chi connectivity index (χ4n) is 2.13. The molecule has 2 aromatic carbocycles. The summed E-state index contributed by atoms with van der Waals surface area (Å²) < 4.78 is 7.48. The van der Waals surface area contributed by atoms with E-state index < -0.39 is 0 Å². The maximum absolute atomic E-state index is 9.54. The zero-order valence-corrected chi connectivity index (χ0v) is 11.7. The highest BCUT2D eigenvalue weighted by molar-refractivity contribution is 5.37. The molecule has 3 aromatic rings. The van der Waals surface area contributed by atoms with Gasteiger partial charge in [-0.1, -0.05) is 18.2 Å². The summed E-state index contributed by atoms with van der Waals surface area (Å²) in [4.78, 5) is 0. The third kappa shape index (κ3) is 3.23. The number of phenols is 1. The number of nitrogens with zero attached hydrogens (tertiary/aromatic N) is 2. The lowest BCUT2D eigenvalue weighted by Crippen LogP contribution is -1.99. The number of aromatic hydroxyl groups is 1. The maximum atomic E-state index is 9.54. The van der Waals surface area contributed by atoms with Gasteiger partial charge >= 0.3 is 0 Å². The molecule has 106 valence electrons. The van der Waals surface area contributed by atoms with E-state index in [0.29, 0.717) is 12.4 Å². The first-order chi connectivity index (χ1) is 10.2. The summed E-state index contributed by atoms with van der Waals surface area (Å²) in [6, 6.07) is 17.0. The summed E-state index contributed by atoms with van der Waals surface area (Å²) in [5.41, 5.74) is 2.80. The Bertz CT molecular complexity index is 715. The average Bonchev–Trinajstić information content (AvgIpc) is 2.94. The number of benzene rings is 2. The largest absolute Gasteiger partial charge is 0.508 e. The molecular formula is C17H16N2O2. The molecule has 0 amide bonds. The van der Waals surface area contributed by atoms with Gasteiger partial charge in [-0.25, -0.2) is 4.68 Å². The number of hydrogen-bond donors (Lipinski definition) is 1. The quantitative estimate of drug-likeness (QED) is 0.796. The Balaban J connectivity index is 1.70. The Labute approximate surface area is 123 Å². The fourth-order valence-corrected chi connectivity index (χ4v) is 2.13. The zero-order valence-electron chi connectivity index (χ0n) is 11.7. The van der Waals surface area contributed by atoms with Gasteiger partial charge in [0.05, 0.1) is 5.69 Å². The molecule has 21 heavy (non-hydrogen) atoms. The second kappa shape index (κ2) is 5.71. The van der Waals surface area contributed by atoms with Crippen molar-refractivity contribution in [1.29, 1.82) is 0 Å². The topological polar surface area (TPSA) is 47.3 Å². The van der Waals surface area contributed by atoms with Crippen LogP contribution in [-0.4, -0.2) is 14.9 Å². The molecule has 0 spiro atoms. The number of aromatic nitrogens is 2. The predicted molar refractivity (Wildman–Crippen MR) is 80.7 cm³/mol. The van der Waals surface area contributed by atoms with Crippen LogP contribution < -0.4 is 4.74 Å². The number of aryl methyl sites for hydroxylation is 1. The monoisotopic (exact) mass is 280 g/mol. The van der Waals surface area contributed by atoms with Crippen molar-refractivity contribution in [2.24, 2.45) is 0 Å². The summed E-state index contributed by atoms with van der Waals surface area (Å²) in [5.74, 6) is 0.849. The van der Waals surface area contributed by atoms with Crippen molar-refractivity contribution in [3.05, 3.63) is 72.1 Å². The molecule has 0 aliphatic heterocycles. The summed E-state index contributed by atoms with van der Waals surface area (Å²) >= 11 is 0. The van der Waals surface area contributed by atoms with Crippen LogP contribution in [0, 0.1) is 6.92 Å². The van der Waals surface area contributed by atoms with E-state index in [1.165, 1.54) is 0 Å². The van der Waals surface area contributed by atoms with Crippen molar-refractivity contribution < 1.29 is 9.84 Å². The molecule has 0 atom stereocenters. The van der Waals surface area contributed by atoms with Crippen molar-refractivity contribution in [3.8, 4) is 17.2 Å². The zero-order chi connectivity index (χ0) is 14.7. The number of ether oxygens (including phenoxy) is 1. The highest BCUT2D eigenvalue weighted by Gasteiger charge is 2.03. The van der Waals surface area contributed by atoms with Crippen molar-refractivity contribution in [2.75, 3.05) is 0 Å². The first kappa shape index (κ1) is 13.2. The van der Waals surface area contributed by atoms with E-state index in [2.05, 4.69) is 5.10 Å². The molecule has 0 saturated carbocycles. The second-order valence-electron chi connectivity index (χ2n) is 4.88. The molecule has 0 aliphatic rings. The van der Waals surface area contributed by atoms with Crippen LogP contribution in [0.1, 0.15) is 11.3 Å². The van der Waals surface area contributed by atoms with Gasteiger partial charge in [0.25, 0.3) is 0 Å². The minimum atomic E-state index is 0.208. The molecular weight excluding hydrogens is 264 g/mol. The molecule has 0 saturated heterocycles. The Morgan fingerprint density at radius 3 is 2.67 bits per heavy atom. The molecule has 0 aliphatic carbocycles. The van der Waals surface area contributed by atoms with E-state index in [0.717, 1.165) is 16.9 Å². The second-order valence-corrected chi connectivity index (χ2v) is 4.88. The Kier molecular flexibility index (Phi) is 3.60. The molecule has 1 N–H and O–H groups in total. The van der Waals surface area contributed by atoms with Gasteiger partial charge < -0.3 is 9.84 Å². The van der Waals surface area contributed by atoms with Crippen LogP contribution >= 0.6 is 0 Å². The van der Waals surface area contributed by atoms with E-state index in [9.17, 15) is 5.11 Å². The first-order valence-corrected chi connectivity index (χ1v) is 6.74. The smallest absolute Gasteiger partial charge is 0.132 e. The summed E-state index contributed by atoms with van der Waals surface area (Å²) in [6.07, 6.45) is 1.90. The summed E-state index contributed by atoms with van der Waals surface area (Å²) in [7, 11) is 0. The van der Waals surface area contributed by atoms with Gasteiger partial charge in [-0.3, -0.25) is 0 Å². The molecule has 0 radical (unpaired) electrons. The normalized spacial score (nSPS) is 10.5. The van der Waals surface area contributed by atoms with Gasteiger partial charge in [0.1, 0.15) is 23.8 Å². The maximum Gasteiger partial charge on any atom is 0.132 e. The third-order valence-electron chi connectivity index (χ3n) is 3.09. The lowest BCUT2D eigenvalue weighted by atomic mass is 10.2. The van der Waals surface area contributed by atoms with Crippen LogP contribution in [0.25, 0.3) is 5.69 Å². The number of rotatable bonds is 4. The Morgan fingerprint density at radius 1 is 1.10 bits per heavy atom. The van der Waals surface area contributed by atoms with E-state index in [1.54, 1.807) is 12.1 Å². The number of hydrogen-bond acceptors (Lipinski definition) is 3. The number of para-hydroxylation sites is 1. The standard InChI is InChI=1S/C17H16N2O2/c1-13-9-16(20)11-17(10-13)21-12-14-7-8-19(18-14)15-5-3-2-4-6-15/h2-11,20H,12H2,1H3. The average molecular weight is 280 g/mol.